The Balaban J connectivity index is 0.000000567. The number of rotatable bonds is 4. The molecule has 6 rings (SSSR count). The second kappa shape index (κ2) is 11.1. The zero-order valence-corrected chi connectivity index (χ0v) is 21.3. The summed E-state index contributed by atoms with van der Waals surface area (Å²) in [4.78, 5) is 9.94. The summed E-state index contributed by atoms with van der Waals surface area (Å²) in [5.41, 5.74) is 14.1. The molecule has 194 valence electrons. The molecule has 0 bridgehead atoms. The molecule has 0 fully saturated rings. The maximum atomic E-state index is 10.4. The fourth-order valence-electron chi connectivity index (χ4n) is 4.52. The van der Waals surface area contributed by atoms with Crippen LogP contribution >= 0.6 is 0 Å². The van der Waals surface area contributed by atoms with Crippen molar-refractivity contribution >= 4 is 21.7 Å². The maximum absolute atomic E-state index is 10.4. The van der Waals surface area contributed by atoms with Crippen LogP contribution in [-0.4, -0.2) is 16.1 Å². The zero-order valence-electron chi connectivity index (χ0n) is 21.3. The van der Waals surface area contributed by atoms with Crippen molar-refractivity contribution in [1.82, 2.24) is 9.97 Å². The Morgan fingerprint density at radius 1 is 0.667 bits per heavy atom. The molecule has 0 amide bonds. The quantitative estimate of drug-likeness (QED) is 0.252. The molecule has 0 radical (unpaired) electrons. The molecule has 0 spiro atoms. The molecule has 0 aliphatic heterocycles. The van der Waals surface area contributed by atoms with E-state index in [1.807, 2.05) is 18.3 Å². The van der Waals surface area contributed by atoms with Crippen molar-refractivity contribution in [2.24, 2.45) is 5.73 Å². The molecule has 6 aromatic rings. The van der Waals surface area contributed by atoms with Gasteiger partial charge in [0.25, 0.3) is 0 Å². The van der Waals surface area contributed by atoms with Crippen LogP contribution in [0.3, 0.4) is 0 Å². The molecule has 0 unspecified atom stereocenters. The monoisotopic (exact) mass is 521 g/mol. The number of alkyl halides is 3. The minimum absolute atomic E-state index is 0.188. The van der Waals surface area contributed by atoms with Gasteiger partial charge in [-0.05, 0) is 40.1 Å². The maximum Gasteiger partial charge on any atom is 0.386 e. The lowest BCUT2D eigenvalue weighted by molar-refractivity contribution is -0.110. The third kappa shape index (κ3) is 6.13. The first kappa shape index (κ1) is 26.1. The summed E-state index contributed by atoms with van der Waals surface area (Å²) in [5, 5.41) is 3.46. The molecule has 39 heavy (non-hydrogen) atoms. The van der Waals surface area contributed by atoms with Crippen molar-refractivity contribution in [3.63, 3.8) is 0 Å². The van der Waals surface area contributed by atoms with Crippen LogP contribution < -0.4 is 5.73 Å². The number of nitrogens with zero attached hydrogens (tertiary/aromatic N) is 2. The van der Waals surface area contributed by atoms with Gasteiger partial charge in [-0.25, -0.2) is 4.98 Å². The molecular weight excluding hydrogens is 495 g/mol. The molecule has 2 heterocycles. The first-order valence-corrected chi connectivity index (χ1v) is 12.5. The van der Waals surface area contributed by atoms with Crippen LogP contribution in [0, 0.1) is 0 Å². The smallest absolute Gasteiger partial charge is 0.326 e. The van der Waals surface area contributed by atoms with E-state index in [-0.39, 0.29) is 6.92 Å². The van der Waals surface area contributed by atoms with Gasteiger partial charge in [0.05, 0.1) is 16.9 Å². The highest BCUT2D eigenvalue weighted by molar-refractivity contribution is 6.00. The number of nitrogens with two attached hydrogens (primary N) is 1. The Morgan fingerprint density at radius 3 is 2.00 bits per heavy atom. The molecule has 0 atom stereocenters. The Morgan fingerprint density at radius 2 is 1.31 bits per heavy atom. The normalized spacial score (nSPS) is 11.3. The summed E-state index contributed by atoms with van der Waals surface area (Å²) in [6.45, 7) is 0.713. The number of benzene rings is 4. The molecule has 2 N–H and O–H groups in total. The van der Waals surface area contributed by atoms with Gasteiger partial charge in [-0.15, -0.1) is 0 Å². The Bertz CT molecular complexity index is 1720. The molecule has 0 aliphatic rings. The van der Waals surface area contributed by atoms with E-state index in [0.717, 1.165) is 50.1 Å². The van der Waals surface area contributed by atoms with E-state index in [1.165, 1.54) is 10.8 Å². The summed E-state index contributed by atoms with van der Waals surface area (Å²) >= 11 is 0. The highest BCUT2D eigenvalue weighted by Gasteiger charge is 2.16. The van der Waals surface area contributed by atoms with Crippen LogP contribution in [-0.2, 0) is 6.54 Å². The fourth-order valence-corrected chi connectivity index (χ4v) is 4.52. The number of pyridine rings is 2. The van der Waals surface area contributed by atoms with Crippen molar-refractivity contribution in [3.8, 4) is 33.6 Å². The lowest BCUT2D eigenvalue weighted by Crippen LogP contribution is -1.97. The van der Waals surface area contributed by atoms with Crippen LogP contribution in [0.5, 0.6) is 0 Å². The van der Waals surface area contributed by atoms with E-state index in [1.54, 1.807) is 0 Å². The summed E-state index contributed by atoms with van der Waals surface area (Å²) in [6, 6.07) is 37.9. The van der Waals surface area contributed by atoms with Gasteiger partial charge >= 0.3 is 6.18 Å². The molecular formula is C33H26F3N3. The van der Waals surface area contributed by atoms with Gasteiger partial charge < -0.3 is 5.73 Å². The second-order valence-corrected chi connectivity index (χ2v) is 9.22. The minimum Gasteiger partial charge on any atom is -0.326 e. The van der Waals surface area contributed by atoms with Gasteiger partial charge in [0.15, 0.2) is 0 Å². The summed E-state index contributed by atoms with van der Waals surface area (Å²) < 4.78 is 31.1. The average Bonchev–Trinajstić information content (AvgIpc) is 2.95. The first-order valence-electron chi connectivity index (χ1n) is 12.5. The molecule has 0 saturated heterocycles. The standard InChI is InChI=1S/C31H23N3.C2H3F3/c32-20-21-10-12-24(13-11-21)31-27(23-7-2-1-3-8-23)19-28-29(34-31)16-17-33-30(28)26-15-14-22-6-4-5-9-25(22)18-26;1-2(3,4)5/h1-19H,20,32H2;1H3. The summed E-state index contributed by atoms with van der Waals surface area (Å²) in [6.07, 6.45) is -2.15. The molecule has 3 nitrogen and oxygen atoms in total. The van der Waals surface area contributed by atoms with Crippen molar-refractivity contribution in [1.29, 1.82) is 0 Å². The Labute approximate surface area is 224 Å². The van der Waals surface area contributed by atoms with Crippen molar-refractivity contribution in [3.05, 3.63) is 121 Å². The molecule has 0 aliphatic carbocycles. The van der Waals surface area contributed by atoms with Crippen LogP contribution in [0.25, 0.3) is 55.3 Å². The zero-order chi connectivity index (χ0) is 27.4. The van der Waals surface area contributed by atoms with Crippen LogP contribution in [0.15, 0.2) is 115 Å². The van der Waals surface area contributed by atoms with E-state index in [4.69, 9.17) is 15.7 Å². The van der Waals surface area contributed by atoms with Crippen LogP contribution in [0.1, 0.15) is 12.5 Å². The SMILES string of the molecule is CC(F)(F)F.NCc1ccc(-c2nc3ccnc(-c4ccc5ccccc5c4)c3cc2-c2ccccc2)cc1. The van der Waals surface area contributed by atoms with E-state index in [9.17, 15) is 13.2 Å². The van der Waals surface area contributed by atoms with Gasteiger partial charge in [0.2, 0.25) is 0 Å². The number of halogens is 3. The fraction of sp³-hybridized carbons (Fsp3) is 0.0909. The lowest BCUT2D eigenvalue weighted by Gasteiger charge is -2.14. The van der Waals surface area contributed by atoms with Crippen molar-refractivity contribution < 1.29 is 13.2 Å². The largest absolute Gasteiger partial charge is 0.386 e. The molecule has 6 heteroatoms. The topological polar surface area (TPSA) is 51.8 Å². The highest BCUT2D eigenvalue weighted by Crippen LogP contribution is 2.36. The predicted molar refractivity (Wildman–Crippen MR) is 153 cm³/mol. The van der Waals surface area contributed by atoms with E-state index in [2.05, 4.69) is 97.1 Å². The second-order valence-electron chi connectivity index (χ2n) is 9.22. The van der Waals surface area contributed by atoms with Crippen LogP contribution in [0.2, 0.25) is 0 Å². The number of hydrogen-bond acceptors (Lipinski definition) is 3. The van der Waals surface area contributed by atoms with Crippen molar-refractivity contribution in [2.75, 3.05) is 0 Å². The van der Waals surface area contributed by atoms with Gasteiger partial charge in [0.1, 0.15) is 0 Å². The number of aromatic nitrogens is 2. The van der Waals surface area contributed by atoms with Crippen LogP contribution in [0.4, 0.5) is 13.2 Å². The first-order chi connectivity index (χ1) is 18.8. The Hall–Kier alpha value is -4.55. The minimum atomic E-state index is -4.00. The van der Waals surface area contributed by atoms with Gasteiger partial charge in [0, 0.05) is 41.7 Å². The van der Waals surface area contributed by atoms with Gasteiger partial charge in [-0.3, -0.25) is 4.98 Å². The van der Waals surface area contributed by atoms with Gasteiger partial charge in [-0.1, -0.05) is 91.0 Å². The molecule has 0 saturated carbocycles. The number of hydrogen-bond donors (Lipinski definition) is 1. The number of fused-ring (bicyclic) bond motifs is 2. The third-order valence-electron chi connectivity index (χ3n) is 6.31. The van der Waals surface area contributed by atoms with Crippen molar-refractivity contribution in [2.45, 2.75) is 19.6 Å². The molecule has 4 aromatic carbocycles. The highest BCUT2D eigenvalue weighted by atomic mass is 19.4. The van der Waals surface area contributed by atoms with E-state index in [0.29, 0.717) is 6.54 Å². The Kier molecular flexibility index (Phi) is 7.39. The van der Waals surface area contributed by atoms with Gasteiger partial charge in [-0.2, -0.15) is 13.2 Å². The average molecular weight is 522 g/mol. The summed E-state index contributed by atoms with van der Waals surface area (Å²) in [5.74, 6) is 0. The third-order valence-corrected chi connectivity index (χ3v) is 6.31. The molecule has 2 aromatic heterocycles. The lowest BCUT2D eigenvalue weighted by atomic mass is 9.95. The van der Waals surface area contributed by atoms with E-state index < -0.39 is 6.18 Å². The van der Waals surface area contributed by atoms with E-state index >= 15 is 0 Å². The predicted octanol–water partition coefficient (Wildman–Crippen LogP) is 8.81. The summed E-state index contributed by atoms with van der Waals surface area (Å²) in [7, 11) is 0.